The highest BCUT2D eigenvalue weighted by molar-refractivity contribution is 6.38. The molecule has 0 aromatic heterocycles. The predicted molar refractivity (Wildman–Crippen MR) is 149 cm³/mol. The molecular formula is C30H45F3N4O6. The molecule has 5 atom stereocenters. The fraction of sp³-hybridized carbons (Fsp3) is 0.833. The maximum Gasteiger partial charge on any atom is 0.408 e. The van der Waals surface area contributed by atoms with Crippen LogP contribution >= 0.6 is 0 Å². The Kier molecular flexibility index (Phi) is 9.42. The van der Waals surface area contributed by atoms with Crippen molar-refractivity contribution in [1.82, 2.24) is 20.9 Å². The third-order valence-corrected chi connectivity index (χ3v) is 9.39. The van der Waals surface area contributed by atoms with Gasteiger partial charge in [0, 0.05) is 6.54 Å². The minimum absolute atomic E-state index is 0.0217. The van der Waals surface area contributed by atoms with E-state index in [0.717, 1.165) is 44.9 Å². The van der Waals surface area contributed by atoms with Crippen molar-refractivity contribution in [3.05, 3.63) is 0 Å². The molecule has 10 nitrogen and oxygen atoms in total. The van der Waals surface area contributed by atoms with Gasteiger partial charge in [0.15, 0.2) is 0 Å². The summed E-state index contributed by atoms with van der Waals surface area (Å²) in [7, 11) is 0. The van der Waals surface area contributed by atoms with Crippen LogP contribution in [-0.4, -0.2) is 77.5 Å². The smallest absolute Gasteiger partial charge is 0.408 e. The fourth-order valence-corrected chi connectivity index (χ4v) is 6.88. The minimum Gasteiger partial charge on any atom is -0.444 e. The van der Waals surface area contributed by atoms with Crippen molar-refractivity contribution in [3.63, 3.8) is 0 Å². The van der Waals surface area contributed by atoms with Gasteiger partial charge in [0.25, 0.3) is 5.91 Å². The second kappa shape index (κ2) is 12.3. The summed E-state index contributed by atoms with van der Waals surface area (Å²) in [5, 5.41) is 7.02. The van der Waals surface area contributed by atoms with Gasteiger partial charge in [-0.1, -0.05) is 46.0 Å². The van der Waals surface area contributed by atoms with Crippen LogP contribution in [0.5, 0.6) is 0 Å². The Balaban J connectivity index is 1.53. The second-order valence-corrected chi connectivity index (χ2v) is 14.3. The van der Waals surface area contributed by atoms with Gasteiger partial charge in [-0.2, -0.15) is 13.2 Å². The highest BCUT2D eigenvalue weighted by atomic mass is 19.4. The molecule has 43 heavy (non-hydrogen) atoms. The molecule has 0 radical (unpaired) electrons. The number of carbonyl (C=O) groups is 5. The Morgan fingerprint density at radius 3 is 2.14 bits per heavy atom. The van der Waals surface area contributed by atoms with Crippen LogP contribution in [0.3, 0.4) is 0 Å². The fourth-order valence-electron chi connectivity index (χ4n) is 6.88. The van der Waals surface area contributed by atoms with Crippen LogP contribution in [-0.2, 0) is 23.9 Å². The van der Waals surface area contributed by atoms with Crippen molar-refractivity contribution in [2.75, 3.05) is 13.1 Å². The number of ether oxygens (including phenoxy) is 1. The van der Waals surface area contributed by atoms with Crippen LogP contribution in [0.25, 0.3) is 0 Å². The molecule has 0 spiro atoms. The van der Waals surface area contributed by atoms with Gasteiger partial charge in [-0.3, -0.25) is 19.2 Å². The zero-order valence-corrected chi connectivity index (χ0v) is 25.6. The normalized spacial score (nSPS) is 26.5. The van der Waals surface area contributed by atoms with Gasteiger partial charge < -0.3 is 25.6 Å². The summed E-state index contributed by atoms with van der Waals surface area (Å²) in [6.45, 7) is 7.81. The number of piperidine rings is 1. The Morgan fingerprint density at radius 1 is 0.953 bits per heavy atom. The molecule has 1 aliphatic heterocycles. The van der Waals surface area contributed by atoms with Crippen LogP contribution in [0.4, 0.5) is 18.0 Å². The minimum atomic E-state index is -4.69. The predicted octanol–water partition coefficient (Wildman–Crippen LogP) is 3.48. The van der Waals surface area contributed by atoms with E-state index in [-0.39, 0.29) is 35.5 Å². The number of halogens is 3. The van der Waals surface area contributed by atoms with Crippen molar-refractivity contribution in [1.29, 1.82) is 0 Å². The SMILES string of the molecule is CC(C)(C)OC(=O)NC(C(=O)N1CC2C(C1C(=O)NC(CC1CC1)C(=O)C(=O)NCC(F)(F)F)C2(C)C)C1CCCCC1. The molecule has 0 aromatic rings. The molecule has 0 aromatic carbocycles. The number of alkyl carbamates (subject to hydrolysis) is 1. The molecule has 3 saturated carbocycles. The lowest BCUT2D eigenvalue weighted by atomic mass is 9.83. The highest BCUT2D eigenvalue weighted by Crippen LogP contribution is 2.65. The number of nitrogens with one attached hydrogen (secondary N) is 3. The van der Waals surface area contributed by atoms with Gasteiger partial charge in [0.05, 0.1) is 6.04 Å². The lowest BCUT2D eigenvalue weighted by Crippen LogP contribution is -2.60. The lowest BCUT2D eigenvalue weighted by Gasteiger charge is -2.37. The van der Waals surface area contributed by atoms with E-state index < -0.39 is 66.0 Å². The number of ketones is 1. The summed E-state index contributed by atoms with van der Waals surface area (Å²) < 4.78 is 43.4. The number of rotatable bonds is 10. The van der Waals surface area contributed by atoms with Crippen LogP contribution in [0.1, 0.15) is 86.0 Å². The molecular weight excluding hydrogens is 569 g/mol. The van der Waals surface area contributed by atoms with E-state index >= 15 is 0 Å². The van der Waals surface area contributed by atoms with E-state index in [1.165, 1.54) is 4.90 Å². The number of alkyl halides is 3. The molecule has 1 heterocycles. The summed E-state index contributed by atoms with van der Waals surface area (Å²) in [6.07, 6.45) is 0.621. The van der Waals surface area contributed by atoms with E-state index in [2.05, 4.69) is 10.6 Å². The number of hydrogen-bond donors (Lipinski definition) is 3. The average Bonchev–Trinajstić information content (AvgIpc) is 3.75. The molecule has 1 saturated heterocycles. The standard InChI is InChI=1S/C30H45F3N4O6/c1-28(2,3)43-27(42)36-21(17-9-7-6-8-10-17)26(41)37-14-18-20(29(18,4)5)22(37)24(39)35-19(13-16-11-12-16)23(38)25(40)34-15-30(31,32)33/h16-22H,6-15H2,1-5H3,(H,34,40)(H,35,39)(H,36,42). The lowest BCUT2D eigenvalue weighted by molar-refractivity contribution is -0.148. The molecule has 13 heteroatoms. The van der Waals surface area contributed by atoms with Crippen molar-refractivity contribution in [2.24, 2.45) is 29.1 Å². The molecule has 0 bridgehead atoms. The third-order valence-electron chi connectivity index (χ3n) is 9.39. The van der Waals surface area contributed by atoms with Gasteiger partial charge in [0.1, 0.15) is 24.2 Å². The topological polar surface area (TPSA) is 134 Å². The Hall–Kier alpha value is -2.86. The largest absolute Gasteiger partial charge is 0.444 e. The van der Waals surface area contributed by atoms with E-state index in [4.69, 9.17) is 4.74 Å². The van der Waals surface area contributed by atoms with Gasteiger partial charge in [-0.05, 0) is 69.1 Å². The molecule has 3 aliphatic carbocycles. The maximum atomic E-state index is 14.2. The van der Waals surface area contributed by atoms with E-state index in [1.807, 2.05) is 13.8 Å². The Labute approximate surface area is 250 Å². The summed E-state index contributed by atoms with van der Waals surface area (Å²) in [5.41, 5.74) is -1.03. The van der Waals surface area contributed by atoms with Gasteiger partial charge in [0.2, 0.25) is 17.6 Å². The Morgan fingerprint density at radius 2 is 1.58 bits per heavy atom. The zero-order chi connectivity index (χ0) is 31.9. The molecule has 4 fully saturated rings. The first-order valence-corrected chi connectivity index (χ1v) is 15.4. The third kappa shape index (κ3) is 8.20. The molecule has 4 rings (SSSR count). The number of amides is 4. The molecule has 242 valence electrons. The number of nitrogens with zero attached hydrogens (tertiary/aromatic N) is 1. The molecule has 4 amide bonds. The number of fused-ring (bicyclic) bond motifs is 1. The van der Waals surface area contributed by atoms with Crippen LogP contribution in [0.2, 0.25) is 0 Å². The summed E-state index contributed by atoms with van der Waals surface area (Å²) in [5.74, 6) is -3.81. The quantitative estimate of drug-likeness (QED) is 0.323. The summed E-state index contributed by atoms with van der Waals surface area (Å²) >= 11 is 0. The molecule has 3 N–H and O–H groups in total. The summed E-state index contributed by atoms with van der Waals surface area (Å²) in [6, 6.07) is -3.16. The number of Topliss-reactive ketones (excluding diaryl/α,β-unsaturated/α-hetero) is 1. The van der Waals surface area contributed by atoms with Crippen molar-refractivity contribution in [3.8, 4) is 0 Å². The number of carbonyl (C=O) groups excluding carboxylic acids is 5. The monoisotopic (exact) mass is 614 g/mol. The maximum absolute atomic E-state index is 14.2. The first-order chi connectivity index (χ1) is 19.9. The van der Waals surface area contributed by atoms with Gasteiger partial charge in [-0.15, -0.1) is 0 Å². The van der Waals surface area contributed by atoms with E-state index in [9.17, 15) is 37.1 Å². The molecule has 4 aliphatic rings. The summed E-state index contributed by atoms with van der Waals surface area (Å²) in [4.78, 5) is 67.6. The van der Waals surface area contributed by atoms with E-state index in [1.54, 1.807) is 26.1 Å². The molecule has 5 unspecified atom stereocenters. The number of hydrogen-bond acceptors (Lipinski definition) is 6. The van der Waals surface area contributed by atoms with Gasteiger partial charge >= 0.3 is 12.3 Å². The highest BCUT2D eigenvalue weighted by Gasteiger charge is 2.69. The van der Waals surface area contributed by atoms with Crippen molar-refractivity contribution < 1.29 is 41.9 Å². The van der Waals surface area contributed by atoms with Crippen LogP contribution in [0.15, 0.2) is 0 Å². The zero-order valence-electron chi connectivity index (χ0n) is 25.6. The second-order valence-electron chi connectivity index (χ2n) is 14.3. The number of likely N-dealkylation sites (tertiary alicyclic amines) is 1. The first-order valence-electron chi connectivity index (χ1n) is 15.4. The van der Waals surface area contributed by atoms with E-state index in [0.29, 0.717) is 6.54 Å². The van der Waals surface area contributed by atoms with Crippen LogP contribution in [0, 0.1) is 29.1 Å². The first kappa shape index (κ1) is 33.0. The Bertz CT molecular complexity index is 1110. The van der Waals surface area contributed by atoms with Crippen molar-refractivity contribution in [2.45, 2.75) is 116 Å². The average molecular weight is 615 g/mol. The van der Waals surface area contributed by atoms with Gasteiger partial charge in [-0.25, -0.2) is 4.79 Å². The van der Waals surface area contributed by atoms with Crippen LogP contribution < -0.4 is 16.0 Å². The van der Waals surface area contributed by atoms with Crippen molar-refractivity contribution >= 4 is 29.6 Å².